The molecule has 0 N–H and O–H groups in total. The number of carbonyl (C=O) groups excluding carboxylic acids is 1. The maximum Gasteiger partial charge on any atom is 0.422 e. The fourth-order valence-electron chi connectivity index (χ4n) is 1.20. The summed E-state index contributed by atoms with van der Waals surface area (Å²) < 4.78 is 40.5. The summed E-state index contributed by atoms with van der Waals surface area (Å²) in [7, 11) is 0. The Hall–Kier alpha value is -1.63. The van der Waals surface area contributed by atoms with Crippen molar-refractivity contribution in [3.8, 4) is 0 Å². The van der Waals surface area contributed by atoms with Gasteiger partial charge in [0.15, 0.2) is 6.61 Å². The Labute approximate surface area is 97.8 Å². The average molecular weight is 261 g/mol. The van der Waals surface area contributed by atoms with Crippen LogP contribution >= 0.6 is 11.3 Å². The van der Waals surface area contributed by atoms with Crippen LogP contribution in [0.1, 0.15) is 9.67 Å². The first kappa shape index (κ1) is 11.8. The predicted octanol–water partition coefficient (Wildman–Crippen LogP) is 3.02. The third-order valence-electron chi connectivity index (χ3n) is 1.88. The smallest absolute Gasteiger partial charge is 0.422 e. The van der Waals surface area contributed by atoms with E-state index in [1.807, 2.05) is 0 Å². The second kappa shape index (κ2) is 4.33. The number of halogens is 3. The van der Waals surface area contributed by atoms with Crippen molar-refractivity contribution in [1.29, 1.82) is 0 Å². The highest BCUT2D eigenvalue weighted by molar-refractivity contribution is 7.20. The lowest BCUT2D eigenvalue weighted by Gasteiger charge is -2.05. The number of esters is 1. The van der Waals surface area contributed by atoms with Gasteiger partial charge in [-0.2, -0.15) is 13.2 Å². The Morgan fingerprint density at radius 3 is 2.88 bits per heavy atom. The van der Waals surface area contributed by atoms with Crippen LogP contribution in [0.3, 0.4) is 0 Å². The van der Waals surface area contributed by atoms with Crippen molar-refractivity contribution in [2.75, 3.05) is 6.61 Å². The SMILES string of the molecule is O=C(OCC(F)(F)F)c1cc2cnccc2s1. The van der Waals surface area contributed by atoms with E-state index in [1.165, 1.54) is 12.3 Å². The third kappa shape index (κ3) is 2.94. The first-order chi connectivity index (χ1) is 7.96. The van der Waals surface area contributed by atoms with Crippen LogP contribution < -0.4 is 0 Å². The molecule has 0 saturated carbocycles. The van der Waals surface area contributed by atoms with Gasteiger partial charge in [0.05, 0.1) is 0 Å². The second-order valence-electron chi connectivity index (χ2n) is 3.22. The van der Waals surface area contributed by atoms with E-state index in [0.29, 0.717) is 5.39 Å². The summed E-state index contributed by atoms with van der Waals surface area (Å²) in [4.78, 5) is 15.3. The van der Waals surface area contributed by atoms with Gasteiger partial charge in [-0.05, 0) is 12.1 Å². The summed E-state index contributed by atoms with van der Waals surface area (Å²) in [6.07, 6.45) is -1.43. The Morgan fingerprint density at radius 1 is 1.47 bits per heavy atom. The summed E-state index contributed by atoms with van der Waals surface area (Å²) >= 11 is 1.07. The molecule has 2 heterocycles. The lowest BCUT2D eigenvalue weighted by molar-refractivity contribution is -0.161. The van der Waals surface area contributed by atoms with Gasteiger partial charge in [0.2, 0.25) is 0 Å². The molecule has 90 valence electrons. The molecule has 0 aromatic carbocycles. The number of carbonyl (C=O) groups is 1. The summed E-state index contributed by atoms with van der Waals surface area (Å²) in [5.74, 6) is -0.969. The van der Waals surface area contributed by atoms with Gasteiger partial charge in [0.25, 0.3) is 0 Å². The van der Waals surface area contributed by atoms with Gasteiger partial charge in [-0.1, -0.05) is 0 Å². The molecule has 0 fully saturated rings. The van der Waals surface area contributed by atoms with Crippen LogP contribution in [-0.4, -0.2) is 23.7 Å². The van der Waals surface area contributed by atoms with Crippen molar-refractivity contribution in [2.45, 2.75) is 6.18 Å². The van der Waals surface area contributed by atoms with Crippen molar-refractivity contribution in [3.63, 3.8) is 0 Å². The van der Waals surface area contributed by atoms with Crippen LogP contribution in [0.4, 0.5) is 13.2 Å². The molecule has 2 aromatic heterocycles. The Morgan fingerprint density at radius 2 is 2.24 bits per heavy atom. The van der Waals surface area contributed by atoms with E-state index in [1.54, 1.807) is 12.3 Å². The summed E-state index contributed by atoms with van der Waals surface area (Å²) in [5, 5.41) is 0.705. The average Bonchev–Trinajstić information content (AvgIpc) is 2.68. The number of hydrogen-bond acceptors (Lipinski definition) is 4. The van der Waals surface area contributed by atoms with Crippen molar-refractivity contribution >= 4 is 27.4 Å². The van der Waals surface area contributed by atoms with Crippen molar-refractivity contribution in [2.24, 2.45) is 0 Å². The molecule has 3 nitrogen and oxygen atoms in total. The van der Waals surface area contributed by atoms with Crippen molar-refractivity contribution in [1.82, 2.24) is 4.98 Å². The lowest BCUT2D eigenvalue weighted by Crippen LogP contribution is -2.19. The molecule has 7 heteroatoms. The molecule has 0 radical (unpaired) electrons. The number of hydrogen-bond donors (Lipinski definition) is 0. The molecule has 2 aromatic rings. The number of rotatable bonds is 2. The van der Waals surface area contributed by atoms with E-state index in [9.17, 15) is 18.0 Å². The standard InChI is InChI=1S/C10H6F3NO2S/c11-10(12,13)5-16-9(15)8-3-6-4-14-2-1-7(6)17-8/h1-4H,5H2. The highest BCUT2D eigenvalue weighted by Gasteiger charge is 2.30. The number of thiophene rings is 1. The summed E-state index contributed by atoms with van der Waals surface area (Å²) in [6.45, 7) is -1.57. The molecule has 0 aliphatic rings. The number of fused-ring (bicyclic) bond motifs is 1. The zero-order valence-corrected chi connectivity index (χ0v) is 9.14. The van der Waals surface area contributed by atoms with E-state index in [0.717, 1.165) is 16.0 Å². The molecule has 0 bridgehead atoms. The fourth-order valence-corrected chi connectivity index (χ4v) is 2.13. The molecular formula is C10H6F3NO2S. The number of alkyl halides is 3. The summed E-state index contributed by atoms with van der Waals surface area (Å²) in [5.41, 5.74) is 0. The van der Waals surface area contributed by atoms with Crippen molar-refractivity contribution < 1.29 is 22.7 Å². The van der Waals surface area contributed by atoms with E-state index in [4.69, 9.17) is 0 Å². The number of aromatic nitrogens is 1. The van der Waals surface area contributed by atoms with Gasteiger partial charge in [-0.15, -0.1) is 11.3 Å². The summed E-state index contributed by atoms with van der Waals surface area (Å²) in [6, 6.07) is 3.15. The van der Waals surface area contributed by atoms with Gasteiger partial charge >= 0.3 is 12.1 Å². The van der Waals surface area contributed by atoms with Crippen LogP contribution in [-0.2, 0) is 4.74 Å². The monoisotopic (exact) mass is 261 g/mol. The molecule has 0 aliphatic heterocycles. The van der Waals surface area contributed by atoms with Crippen LogP contribution in [0.2, 0.25) is 0 Å². The predicted molar refractivity (Wildman–Crippen MR) is 56.0 cm³/mol. The fraction of sp³-hybridized carbons (Fsp3) is 0.200. The van der Waals surface area contributed by atoms with E-state index >= 15 is 0 Å². The van der Waals surface area contributed by atoms with Gasteiger partial charge in [0, 0.05) is 22.5 Å². The van der Waals surface area contributed by atoms with Crippen molar-refractivity contribution in [3.05, 3.63) is 29.4 Å². The first-order valence-corrected chi connectivity index (χ1v) is 5.35. The highest BCUT2D eigenvalue weighted by atomic mass is 32.1. The molecule has 0 aliphatic carbocycles. The lowest BCUT2D eigenvalue weighted by atomic mass is 10.3. The highest BCUT2D eigenvalue weighted by Crippen LogP contribution is 2.25. The first-order valence-electron chi connectivity index (χ1n) is 4.53. The Balaban J connectivity index is 2.14. The third-order valence-corrected chi connectivity index (χ3v) is 2.98. The van der Waals surface area contributed by atoms with Gasteiger partial charge in [0.1, 0.15) is 4.88 Å². The molecule has 17 heavy (non-hydrogen) atoms. The maximum absolute atomic E-state index is 11.9. The molecular weight excluding hydrogens is 255 g/mol. The van der Waals surface area contributed by atoms with Crippen LogP contribution in [0.5, 0.6) is 0 Å². The molecule has 0 saturated heterocycles. The minimum atomic E-state index is -4.51. The van der Waals surface area contributed by atoms with Gasteiger partial charge < -0.3 is 4.74 Å². The zero-order valence-electron chi connectivity index (χ0n) is 8.32. The molecule has 0 atom stereocenters. The topological polar surface area (TPSA) is 39.2 Å². The molecule has 0 spiro atoms. The second-order valence-corrected chi connectivity index (χ2v) is 4.30. The quantitative estimate of drug-likeness (QED) is 0.780. The molecule has 0 unspecified atom stereocenters. The Kier molecular flexibility index (Phi) is 3.01. The van der Waals surface area contributed by atoms with Crippen LogP contribution in [0, 0.1) is 0 Å². The normalized spacial score (nSPS) is 11.7. The van der Waals surface area contributed by atoms with E-state index in [-0.39, 0.29) is 4.88 Å². The number of pyridine rings is 1. The van der Waals surface area contributed by atoms with E-state index in [2.05, 4.69) is 9.72 Å². The number of nitrogens with zero attached hydrogens (tertiary/aromatic N) is 1. The van der Waals surface area contributed by atoms with Crippen LogP contribution in [0.25, 0.3) is 10.1 Å². The number of ether oxygens (including phenoxy) is 1. The molecule has 0 amide bonds. The zero-order chi connectivity index (χ0) is 12.5. The minimum absolute atomic E-state index is 0.136. The van der Waals surface area contributed by atoms with Crippen LogP contribution in [0.15, 0.2) is 24.5 Å². The largest absolute Gasteiger partial charge is 0.452 e. The Bertz CT molecular complexity index is 517. The maximum atomic E-state index is 11.9. The molecule has 2 rings (SSSR count). The van der Waals surface area contributed by atoms with E-state index < -0.39 is 18.8 Å². The van der Waals surface area contributed by atoms with Gasteiger partial charge in [-0.25, -0.2) is 4.79 Å². The minimum Gasteiger partial charge on any atom is -0.452 e. The van der Waals surface area contributed by atoms with Gasteiger partial charge in [-0.3, -0.25) is 4.98 Å².